The van der Waals surface area contributed by atoms with Crippen LogP contribution in [0.2, 0.25) is 0 Å². The minimum absolute atomic E-state index is 0.649. The molecule has 0 saturated heterocycles. The van der Waals surface area contributed by atoms with Crippen molar-refractivity contribution in [3.8, 4) is 0 Å². The zero-order valence-corrected chi connectivity index (χ0v) is 12.4. The van der Waals surface area contributed by atoms with Gasteiger partial charge in [-0.15, -0.1) is 0 Å². The molecular weight excluding hydrogens is 222 g/mol. The highest BCUT2D eigenvalue weighted by atomic mass is 16.3. The van der Waals surface area contributed by atoms with E-state index in [2.05, 4.69) is 45.1 Å². The minimum Gasteiger partial charge on any atom is -0.385 e. The minimum atomic E-state index is -0.748. The molecule has 1 unspecified atom stereocenters. The number of benzene rings is 1. The van der Waals surface area contributed by atoms with Crippen LogP contribution in [-0.4, -0.2) is 18.2 Å². The van der Waals surface area contributed by atoms with Crippen molar-refractivity contribution in [2.45, 2.75) is 46.6 Å². The molecule has 0 saturated carbocycles. The second-order valence-corrected chi connectivity index (χ2v) is 5.94. The van der Waals surface area contributed by atoms with Crippen molar-refractivity contribution in [2.75, 3.05) is 13.1 Å². The third-order valence-corrected chi connectivity index (χ3v) is 3.30. The standard InChI is InChI=1S/C16H27NO/c1-12(2)11-17-9-8-16(5,18)15-7-6-13(3)10-14(15)4/h6-7,10,12,17-18H,8-9,11H2,1-5H3. The fourth-order valence-electron chi connectivity index (χ4n) is 2.28. The zero-order chi connectivity index (χ0) is 13.8. The Hall–Kier alpha value is -0.860. The van der Waals surface area contributed by atoms with Gasteiger partial charge in [-0.25, -0.2) is 0 Å². The highest BCUT2D eigenvalue weighted by Gasteiger charge is 2.24. The van der Waals surface area contributed by atoms with E-state index in [0.717, 1.165) is 25.1 Å². The predicted octanol–water partition coefficient (Wildman–Crippen LogP) is 3.15. The van der Waals surface area contributed by atoms with E-state index in [4.69, 9.17) is 0 Å². The molecule has 1 aromatic rings. The van der Waals surface area contributed by atoms with Gasteiger partial charge in [0.1, 0.15) is 0 Å². The molecule has 0 aromatic heterocycles. The zero-order valence-electron chi connectivity index (χ0n) is 12.4. The molecule has 2 nitrogen and oxygen atoms in total. The van der Waals surface area contributed by atoms with Crippen LogP contribution >= 0.6 is 0 Å². The van der Waals surface area contributed by atoms with E-state index in [1.807, 2.05) is 13.0 Å². The number of rotatable bonds is 6. The van der Waals surface area contributed by atoms with Gasteiger partial charge in [-0.3, -0.25) is 0 Å². The first-order valence-corrected chi connectivity index (χ1v) is 6.84. The number of aryl methyl sites for hydroxylation is 2. The number of hydrogen-bond donors (Lipinski definition) is 2. The maximum Gasteiger partial charge on any atom is 0.0883 e. The van der Waals surface area contributed by atoms with Gasteiger partial charge in [0.25, 0.3) is 0 Å². The van der Waals surface area contributed by atoms with Crippen LogP contribution in [-0.2, 0) is 5.60 Å². The lowest BCUT2D eigenvalue weighted by atomic mass is 9.88. The molecule has 0 heterocycles. The predicted molar refractivity (Wildman–Crippen MR) is 77.8 cm³/mol. The van der Waals surface area contributed by atoms with E-state index in [0.29, 0.717) is 5.92 Å². The van der Waals surface area contributed by atoms with Crippen molar-refractivity contribution in [3.05, 3.63) is 34.9 Å². The van der Waals surface area contributed by atoms with E-state index in [1.165, 1.54) is 11.1 Å². The van der Waals surface area contributed by atoms with E-state index in [9.17, 15) is 5.11 Å². The SMILES string of the molecule is Cc1ccc(C(C)(O)CCNCC(C)C)c(C)c1. The Kier molecular flexibility index (Phi) is 5.36. The van der Waals surface area contributed by atoms with Gasteiger partial charge in [0.2, 0.25) is 0 Å². The summed E-state index contributed by atoms with van der Waals surface area (Å²) in [6.07, 6.45) is 0.740. The topological polar surface area (TPSA) is 32.3 Å². The molecule has 102 valence electrons. The summed E-state index contributed by atoms with van der Waals surface area (Å²) in [6.45, 7) is 12.3. The third kappa shape index (κ3) is 4.43. The second-order valence-electron chi connectivity index (χ2n) is 5.94. The Bertz CT molecular complexity index is 383. The van der Waals surface area contributed by atoms with Gasteiger partial charge in [0.05, 0.1) is 5.60 Å². The summed E-state index contributed by atoms with van der Waals surface area (Å²) < 4.78 is 0. The molecule has 0 amide bonds. The van der Waals surface area contributed by atoms with Gasteiger partial charge in [-0.05, 0) is 57.3 Å². The molecule has 1 rings (SSSR count). The summed E-state index contributed by atoms with van der Waals surface area (Å²) in [7, 11) is 0. The lowest BCUT2D eigenvalue weighted by molar-refractivity contribution is 0.0472. The fourth-order valence-corrected chi connectivity index (χ4v) is 2.28. The van der Waals surface area contributed by atoms with E-state index in [-0.39, 0.29) is 0 Å². The Labute approximate surface area is 111 Å². The van der Waals surface area contributed by atoms with E-state index in [1.54, 1.807) is 0 Å². The number of aliphatic hydroxyl groups is 1. The van der Waals surface area contributed by atoms with Crippen molar-refractivity contribution in [1.29, 1.82) is 0 Å². The van der Waals surface area contributed by atoms with Gasteiger partial charge in [0, 0.05) is 0 Å². The molecule has 0 bridgehead atoms. The molecule has 2 N–H and O–H groups in total. The van der Waals surface area contributed by atoms with Crippen LogP contribution in [0.1, 0.15) is 43.9 Å². The Balaban J connectivity index is 2.62. The summed E-state index contributed by atoms with van der Waals surface area (Å²) in [4.78, 5) is 0. The molecule has 0 fully saturated rings. The second kappa shape index (κ2) is 6.35. The Morgan fingerprint density at radius 1 is 1.28 bits per heavy atom. The fraction of sp³-hybridized carbons (Fsp3) is 0.625. The summed E-state index contributed by atoms with van der Waals surface area (Å²) >= 11 is 0. The van der Waals surface area contributed by atoms with Crippen molar-refractivity contribution in [2.24, 2.45) is 5.92 Å². The van der Waals surface area contributed by atoms with Crippen LogP contribution in [0.5, 0.6) is 0 Å². The van der Waals surface area contributed by atoms with Crippen molar-refractivity contribution >= 4 is 0 Å². The van der Waals surface area contributed by atoms with Crippen LogP contribution in [0.3, 0.4) is 0 Å². The van der Waals surface area contributed by atoms with Gasteiger partial charge in [-0.2, -0.15) is 0 Å². The largest absolute Gasteiger partial charge is 0.385 e. The molecule has 0 spiro atoms. The third-order valence-electron chi connectivity index (χ3n) is 3.30. The first-order valence-electron chi connectivity index (χ1n) is 6.84. The number of hydrogen-bond acceptors (Lipinski definition) is 2. The molecule has 0 radical (unpaired) electrons. The molecule has 0 aliphatic rings. The monoisotopic (exact) mass is 249 g/mol. The maximum atomic E-state index is 10.6. The smallest absolute Gasteiger partial charge is 0.0883 e. The van der Waals surface area contributed by atoms with Crippen LogP contribution in [0.25, 0.3) is 0 Å². The first kappa shape index (κ1) is 15.2. The molecule has 0 aliphatic carbocycles. The molecule has 2 heteroatoms. The van der Waals surface area contributed by atoms with Crippen LogP contribution in [0.4, 0.5) is 0 Å². The van der Waals surface area contributed by atoms with Crippen LogP contribution < -0.4 is 5.32 Å². The van der Waals surface area contributed by atoms with Crippen LogP contribution in [0, 0.1) is 19.8 Å². The molecule has 18 heavy (non-hydrogen) atoms. The quantitative estimate of drug-likeness (QED) is 0.759. The van der Waals surface area contributed by atoms with Gasteiger partial charge in [-0.1, -0.05) is 37.6 Å². The molecule has 0 aliphatic heterocycles. The highest BCUT2D eigenvalue weighted by Crippen LogP contribution is 2.27. The summed E-state index contributed by atoms with van der Waals surface area (Å²) in [5, 5.41) is 14.0. The van der Waals surface area contributed by atoms with Crippen LogP contribution in [0.15, 0.2) is 18.2 Å². The Morgan fingerprint density at radius 2 is 1.94 bits per heavy atom. The highest BCUT2D eigenvalue weighted by molar-refractivity contribution is 5.34. The van der Waals surface area contributed by atoms with Crippen molar-refractivity contribution < 1.29 is 5.11 Å². The summed E-state index contributed by atoms with van der Waals surface area (Å²) in [5.41, 5.74) is 2.70. The van der Waals surface area contributed by atoms with Gasteiger partial charge in [0.15, 0.2) is 0 Å². The summed E-state index contributed by atoms with van der Waals surface area (Å²) in [5.74, 6) is 0.649. The van der Waals surface area contributed by atoms with Gasteiger partial charge < -0.3 is 10.4 Å². The average molecular weight is 249 g/mol. The van der Waals surface area contributed by atoms with Crippen molar-refractivity contribution in [1.82, 2.24) is 5.32 Å². The Morgan fingerprint density at radius 3 is 2.50 bits per heavy atom. The summed E-state index contributed by atoms with van der Waals surface area (Å²) in [6, 6.07) is 6.25. The van der Waals surface area contributed by atoms with E-state index < -0.39 is 5.60 Å². The molecule has 1 aromatic carbocycles. The van der Waals surface area contributed by atoms with Gasteiger partial charge >= 0.3 is 0 Å². The number of nitrogens with one attached hydrogen (secondary N) is 1. The molecule has 1 atom stereocenters. The average Bonchev–Trinajstić information content (AvgIpc) is 2.23. The lowest BCUT2D eigenvalue weighted by Crippen LogP contribution is -2.30. The first-order chi connectivity index (χ1) is 8.33. The van der Waals surface area contributed by atoms with E-state index >= 15 is 0 Å². The lowest BCUT2D eigenvalue weighted by Gasteiger charge is -2.26. The normalized spacial score (nSPS) is 14.8. The molecular formula is C16H27NO. The van der Waals surface area contributed by atoms with Crippen molar-refractivity contribution in [3.63, 3.8) is 0 Å². The maximum absolute atomic E-state index is 10.6.